The van der Waals surface area contributed by atoms with E-state index in [9.17, 15) is 13.2 Å². The molecule has 0 spiro atoms. The van der Waals surface area contributed by atoms with E-state index in [2.05, 4.69) is 4.72 Å². The molecule has 0 atom stereocenters. The third-order valence-corrected chi connectivity index (χ3v) is 5.07. The maximum absolute atomic E-state index is 12.6. The van der Waals surface area contributed by atoms with Crippen molar-refractivity contribution in [2.45, 2.75) is 32.6 Å². The number of allylic oxidation sites excluding steroid dienone is 1. The zero-order valence-corrected chi connectivity index (χ0v) is 15.7. The maximum Gasteiger partial charge on any atom is 0.261 e. The Hall–Kier alpha value is -2.40. The third-order valence-electron chi connectivity index (χ3n) is 3.69. The molecule has 0 aliphatic carbocycles. The molecule has 5 heteroatoms. The van der Waals surface area contributed by atoms with Crippen molar-refractivity contribution in [3.63, 3.8) is 0 Å². The highest BCUT2D eigenvalue weighted by atomic mass is 32.2. The predicted octanol–water partition coefficient (Wildman–Crippen LogP) is 4.42. The molecule has 2 aromatic rings. The summed E-state index contributed by atoms with van der Waals surface area (Å²) in [4.78, 5) is 12.3. The van der Waals surface area contributed by atoms with Crippen molar-refractivity contribution in [2.24, 2.45) is 5.41 Å². The Morgan fingerprint density at radius 3 is 2.20 bits per heavy atom. The fraction of sp³-hybridized carbons (Fsp3) is 0.250. The Morgan fingerprint density at radius 2 is 1.60 bits per heavy atom. The molecule has 0 amide bonds. The van der Waals surface area contributed by atoms with Crippen LogP contribution in [-0.2, 0) is 14.8 Å². The van der Waals surface area contributed by atoms with E-state index in [0.717, 1.165) is 5.56 Å². The fourth-order valence-electron chi connectivity index (χ4n) is 2.07. The molecule has 0 saturated carbocycles. The number of carbonyl (C=O) groups excluding carboxylic acids is 1. The molecule has 1 N–H and O–H groups in total. The monoisotopic (exact) mass is 357 g/mol. The van der Waals surface area contributed by atoms with Gasteiger partial charge < -0.3 is 0 Å². The first-order valence-electron chi connectivity index (χ1n) is 8.01. The lowest BCUT2D eigenvalue weighted by atomic mass is 9.90. The fourth-order valence-corrected chi connectivity index (χ4v) is 3.16. The zero-order chi connectivity index (χ0) is 18.7. The van der Waals surface area contributed by atoms with Crippen LogP contribution in [0.3, 0.4) is 0 Å². The molecule has 2 aromatic carbocycles. The van der Waals surface area contributed by atoms with E-state index < -0.39 is 15.4 Å². The summed E-state index contributed by atoms with van der Waals surface area (Å²) in [5, 5.41) is 0. The van der Waals surface area contributed by atoms with E-state index in [1.54, 1.807) is 54.6 Å². The van der Waals surface area contributed by atoms with Crippen LogP contribution in [0.5, 0.6) is 0 Å². The predicted molar refractivity (Wildman–Crippen MR) is 102 cm³/mol. The molecule has 0 aromatic heterocycles. The van der Waals surface area contributed by atoms with Crippen LogP contribution in [-0.4, -0.2) is 14.2 Å². The van der Waals surface area contributed by atoms with Gasteiger partial charge in [-0.05, 0) is 42.8 Å². The SMILES string of the molecule is Cc1ccc(S(=O)(=O)Nc2ccccc2/C=C/C(=O)C(C)(C)C)cc1. The molecule has 0 radical (unpaired) electrons. The second kappa shape index (κ2) is 7.23. The van der Waals surface area contributed by atoms with Crippen LogP contribution in [0.25, 0.3) is 6.08 Å². The molecule has 132 valence electrons. The molecule has 0 saturated heterocycles. The van der Waals surface area contributed by atoms with Crippen molar-refractivity contribution < 1.29 is 13.2 Å². The van der Waals surface area contributed by atoms with Crippen molar-refractivity contribution in [2.75, 3.05) is 4.72 Å². The summed E-state index contributed by atoms with van der Waals surface area (Å²) in [7, 11) is -3.69. The van der Waals surface area contributed by atoms with E-state index in [4.69, 9.17) is 0 Å². The molecule has 25 heavy (non-hydrogen) atoms. The highest BCUT2D eigenvalue weighted by Gasteiger charge is 2.19. The number of carbonyl (C=O) groups is 1. The molecule has 0 aliphatic rings. The van der Waals surface area contributed by atoms with Gasteiger partial charge >= 0.3 is 0 Å². The van der Waals surface area contributed by atoms with E-state index >= 15 is 0 Å². The van der Waals surface area contributed by atoms with Crippen LogP contribution < -0.4 is 4.72 Å². The molecule has 0 bridgehead atoms. The Balaban J connectivity index is 2.30. The van der Waals surface area contributed by atoms with Crippen LogP contribution in [0.4, 0.5) is 5.69 Å². The highest BCUT2D eigenvalue weighted by molar-refractivity contribution is 7.92. The first kappa shape index (κ1) is 18.9. The molecular formula is C20H23NO3S. The second-order valence-corrected chi connectivity index (χ2v) is 8.64. The van der Waals surface area contributed by atoms with Crippen LogP contribution in [0.1, 0.15) is 31.9 Å². The topological polar surface area (TPSA) is 63.2 Å². The minimum atomic E-state index is -3.69. The summed E-state index contributed by atoms with van der Waals surface area (Å²) < 4.78 is 27.7. The maximum atomic E-state index is 12.6. The minimum Gasteiger partial charge on any atom is -0.294 e. The highest BCUT2D eigenvalue weighted by Crippen LogP contribution is 2.23. The lowest BCUT2D eigenvalue weighted by Gasteiger charge is -2.14. The molecule has 0 aliphatic heterocycles. The summed E-state index contributed by atoms with van der Waals surface area (Å²) >= 11 is 0. The lowest BCUT2D eigenvalue weighted by molar-refractivity contribution is -0.121. The largest absolute Gasteiger partial charge is 0.294 e. The number of para-hydroxylation sites is 1. The standard InChI is InChI=1S/C20H23NO3S/c1-15-9-12-17(13-10-15)25(23,24)21-18-8-6-5-7-16(18)11-14-19(22)20(2,3)4/h5-14,21H,1-4H3/b14-11+. The van der Waals surface area contributed by atoms with Gasteiger partial charge in [0.25, 0.3) is 10.0 Å². The lowest BCUT2D eigenvalue weighted by Crippen LogP contribution is -2.17. The average molecular weight is 357 g/mol. The first-order chi connectivity index (χ1) is 11.6. The number of ketones is 1. The van der Waals surface area contributed by atoms with E-state index in [1.165, 1.54) is 6.08 Å². The first-order valence-corrected chi connectivity index (χ1v) is 9.49. The normalized spacial score (nSPS) is 12.3. The van der Waals surface area contributed by atoms with Crippen LogP contribution in [0.2, 0.25) is 0 Å². The van der Waals surface area contributed by atoms with E-state index in [-0.39, 0.29) is 10.7 Å². The van der Waals surface area contributed by atoms with Gasteiger partial charge in [-0.3, -0.25) is 9.52 Å². The number of rotatable bonds is 5. The Kier molecular flexibility index (Phi) is 5.48. The molecule has 0 fully saturated rings. The van der Waals surface area contributed by atoms with Crippen molar-refractivity contribution in [1.29, 1.82) is 0 Å². The van der Waals surface area contributed by atoms with Gasteiger partial charge in [-0.25, -0.2) is 8.42 Å². The van der Waals surface area contributed by atoms with Gasteiger partial charge in [0.1, 0.15) is 0 Å². The summed E-state index contributed by atoms with van der Waals surface area (Å²) in [6, 6.07) is 13.6. The number of sulfonamides is 1. The number of hydrogen-bond donors (Lipinski definition) is 1. The molecule has 2 rings (SSSR count). The summed E-state index contributed by atoms with van der Waals surface area (Å²) in [5.74, 6) is -0.0244. The number of anilines is 1. The molecule has 0 unspecified atom stereocenters. The summed E-state index contributed by atoms with van der Waals surface area (Å²) in [6.07, 6.45) is 3.12. The molecule has 0 heterocycles. The molecule has 4 nitrogen and oxygen atoms in total. The van der Waals surface area contributed by atoms with Crippen LogP contribution in [0.15, 0.2) is 59.5 Å². The van der Waals surface area contributed by atoms with E-state index in [1.807, 2.05) is 27.7 Å². The van der Waals surface area contributed by atoms with Gasteiger partial charge in [0.15, 0.2) is 5.78 Å². The zero-order valence-electron chi connectivity index (χ0n) is 14.9. The van der Waals surface area contributed by atoms with E-state index in [0.29, 0.717) is 11.3 Å². The van der Waals surface area contributed by atoms with Gasteiger partial charge in [0.2, 0.25) is 0 Å². The number of aryl methyl sites for hydroxylation is 1. The quantitative estimate of drug-likeness (QED) is 0.806. The number of hydrogen-bond acceptors (Lipinski definition) is 3. The van der Waals surface area contributed by atoms with Crippen LogP contribution in [0, 0.1) is 12.3 Å². The second-order valence-electron chi connectivity index (χ2n) is 6.95. The Morgan fingerprint density at radius 1 is 1.00 bits per heavy atom. The molecular weight excluding hydrogens is 334 g/mol. The summed E-state index contributed by atoms with van der Waals surface area (Å²) in [5.41, 5.74) is 1.58. The number of nitrogens with one attached hydrogen (secondary N) is 1. The third kappa shape index (κ3) is 5.03. The Bertz CT molecular complexity index is 889. The smallest absolute Gasteiger partial charge is 0.261 e. The van der Waals surface area contributed by atoms with Crippen molar-refractivity contribution in [3.05, 3.63) is 65.7 Å². The summed E-state index contributed by atoms with van der Waals surface area (Å²) in [6.45, 7) is 7.42. The Labute approximate surface area is 149 Å². The van der Waals surface area contributed by atoms with Gasteiger partial charge in [0, 0.05) is 5.41 Å². The van der Waals surface area contributed by atoms with Crippen LogP contribution >= 0.6 is 0 Å². The van der Waals surface area contributed by atoms with Crippen molar-refractivity contribution >= 4 is 27.6 Å². The van der Waals surface area contributed by atoms with Crippen molar-refractivity contribution in [3.8, 4) is 0 Å². The van der Waals surface area contributed by atoms with Gasteiger partial charge in [-0.1, -0.05) is 56.7 Å². The minimum absolute atomic E-state index is 0.0244. The average Bonchev–Trinajstić information content (AvgIpc) is 2.53. The van der Waals surface area contributed by atoms with Gasteiger partial charge in [-0.15, -0.1) is 0 Å². The number of benzene rings is 2. The van der Waals surface area contributed by atoms with Gasteiger partial charge in [-0.2, -0.15) is 0 Å². The van der Waals surface area contributed by atoms with Gasteiger partial charge in [0.05, 0.1) is 10.6 Å². The van der Waals surface area contributed by atoms with Crippen molar-refractivity contribution in [1.82, 2.24) is 0 Å².